The fourth-order valence-corrected chi connectivity index (χ4v) is 1.64. The van der Waals surface area contributed by atoms with E-state index in [4.69, 9.17) is 4.74 Å². The second-order valence-electron chi connectivity index (χ2n) is 4.31. The molecule has 1 aliphatic heterocycles. The predicted octanol–water partition coefficient (Wildman–Crippen LogP) is 0.337. The number of ether oxygens (including phenoxy) is 2. The molecule has 1 heterocycles. The molecule has 0 aromatic rings. The standard InChI is InChI=1S/C11H19NO4/c1-7(2)9(11(14)15-3)12-10(13)8-4-5-16-6-8/h7-9H,4-6H2,1-3H3,(H,12,13)/t8-,9-/m0/s1. The highest BCUT2D eigenvalue weighted by atomic mass is 16.5. The van der Waals surface area contributed by atoms with Crippen LogP contribution in [0.4, 0.5) is 0 Å². The summed E-state index contributed by atoms with van der Waals surface area (Å²) in [5.41, 5.74) is 0. The van der Waals surface area contributed by atoms with Crippen molar-refractivity contribution in [1.82, 2.24) is 5.32 Å². The second-order valence-corrected chi connectivity index (χ2v) is 4.31. The third-order valence-corrected chi connectivity index (χ3v) is 2.72. The maximum Gasteiger partial charge on any atom is 0.328 e. The van der Waals surface area contributed by atoms with Crippen molar-refractivity contribution >= 4 is 11.9 Å². The van der Waals surface area contributed by atoms with Crippen molar-refractivity contribution in [2.75, 3.05) is 20.3 Å². The Morgan fingerprint density at radius 1 is 1.44 bits per heavy atom. The Hall–Kier alpha value is -1.10. The number of hydrogen-bond donors (Lipinski definition) is 1. The molecular weight excluding hydrogens is 210 g/mol. The minimum absolute atomic E-state index is 0.0127. The van der Waals surface area contributed by atoms with Crippen molar-refractivity contribution in [3.63, 3.8) is 0 Å². The Morgan fingerprint density at radius 3 is 2.56 bits per heavy atom. The smallest absolute Gasteiger partial charge is 0.328 e. The molecule has 0 aromatic carbocycles. The van der Waals surface area contributed by atoms with Crippen LogP contribution in [0, 0.1) is 11.8 Å². The summed E-state index contributed by atoms with van der Waals surface area (Å²) in [4.78, 5) is 23.2. The Bertz CT molecular complexity index is 259. The van der Waals surface area contributed by atoms with Crippen LogP contribution >= 0.6 is 0 Å². The fourth-order valence-electron chi connectivity index (χ4n) is 1.64. The fraction of sp³-hybridized carbons (Fsp3) is 0.818. The van der Waals surface area contributed by atoms with E-state index < -0.39 is 12.0 Å². The molecule has 1 saturated heterocycles. The predicted molar refractivity (Wildman–Crippen MR) is 57.7 cm³/mol. The van der Waals surface area contributed by atoms with Crippen LogP contribution in [-0.4, -0.2) is 38.2 Å². The van der Waals surface area contributed by atoms with Crippen molar-refractivity contribution in [2.24, 2.45) is 11.8 Å². The SMILES string of the molecule is COC(=O)[C@@H](NC(=O)[C@H]1CCOC1)C(C)C. The van der Waals surface area contributed by atoms with Crippen LogP contribution in [0.3, 0.4) is 0 Å². The zero-order valence-corrected chi connectivity index (χ0v) is 9.99. The molecule has 1 fully saturated rings. The molecule has 0 spiro atoms. The van der Waals surface area contributed by atoms with E-state index in [0.717, 1.165) is 6.42 Å². The average Bonchev–Trinajstić information content (AvgIpc) is 2.77. The zero-order chi connectivity index (χ0) is 12.1. The lowest BCUT2D eigenvalue weighted by Crippen LogP contribution is -2.47. The van der Waals surface area contributed by atoms with Crippen LogP contribution in [0.2, 0.25) is 0 Å². The maximum absolute atomic E-state index is 11.8. The third-order valence-electron chi connectivity index (χ3n) is 2.72. The van der Waals surface area contributed by atoms with Gasteiger partial charge in [0.2, 0.25) is 5.91 Å². The minimum Gasteiger partial charge on any atom is -0.467 e. The molecule has 2 atom stereocenters. The average molecular weight is 229 g/mol. The molecule has 0 bridgehead atoms. The molecule has 0 aliphatic carbocycles. The van der Waals surface area contributed by atoms with Gasteiger partial charge in [0.25, 0.3) is 0 Å². The number of rotatable bonds is 4. The van der Waals surface area contributed by atoms with E-state index in [1.165, 1.54) is 7.11 Å². The summed E-state index contributed by atoms with van der Waals surface area (Å²) in [6.45, 7) is 4.79. The second kappa shape index (κ2) is 5.84. The molecule has 1 amide bonds. The molecule has 92 valence electrons. The van der Waals surface area contributed by atoms with Crippen LogP contribution in [0.15, 0.2) is 0 Å². The molecule has 0 unspecified atom stereocenters. The van der Waals surface area contributed by atoms with Crippen LogP contribution in [0.5, 0.6) is 0 Å². The summed E-state index contributed by atoms with van der Waals surface area (Å²) in [7, 11) is 1.32. The number of nitrogens with one attached hydrogen (secondary N) is 1. The van der Waals surface area contributed by atoms with Gasteiger partial charge in [0, 0.05) is 6.61 Å². The van der Waals surface area contributed by atoms with Crippen molar-refractivity contribution in [1.29, 1.82) is 0 Å². The maximum atomic E-state index is 11.8. The summed E-state index contributed by atoms with van der Waals surface area (Å²) in [5.74, 6) is -0.645. The molecule has 5 nitrogen and oxygen atoms in total. The van der Waals surface area contributed by atoms with Crippen LogP contribution in [-0.2, 0) is 19.1 Å². The van der Waals surface area contributed by atoms with Crippen LogP contribution in [0.25, 0.3) is 0 Å². The zero-order valence-electron chi connectivity index (χ0n) is 9.99. The molecule has 0 radical (unpaired) electrons. The van der Waals surface area contributed by atoms with E-state index in [9.17, 15) is 9.59 Å². The van der Waals surface area contributed by atoms with Crippen molar-refractivity contribution in [2.45, 2.75) is 26.3 Å². The molecule has 1 rings (SSSR count). The summed E-state index contributed by atoms with van der Waals surface area (Å²) >= 11 is 0. The highest BCUT2D eigenvalue weighted by Gasteiger charge is 2.30. The molecule has 0 aromatic heterocycles. The Kier molecular flexibility index (Phi) is 4.73. The van der Waals surface area contributed by atoms with Crippen molar-refractivity contribution < 1.29 is 19.1 Å². The highest BCUT2D eigenvalue weighted by molar-refractivity contribution is 5.86. The lowest BCUT2D eigenvalue weighted by atomic mass is 10.0. The minimum atomic E-state index is -0.571. The number of esters is 1. The largest absolute Gasteiger partial charge is 0.467 e. The van der Waals surface area contributed by atoms with Crippen LogP contribution in [0.1, 0.15) is 20.3 Å². The first kappa shape index (κ1) is 13.0. The number of methoxy groups -OCH3 is 1. The topological polar surface area (TPSA) is 64.6 Å². The number of amides is 1. The summed E-state index contributed by atoms with van der Waals surface area (Å²) < 4.78 is 9.78. The first-order valence-corrected chi connectivity index (χ1v) is 5.52. The van der Waals surface area contributed by atoms with E-state index in [0.29, 0.717) is 13.2 Å². The van der Waals surface area contributed by atoms with E-state index in [2.05, 4.69) is 10.1 Å². The normalized spacial score (nSPS) is 21.9. The molecular formula is C11H19NO4. The Morgan fingerprint density at radius 2 is 2.12 bits per heavy atom. The summed E-state index contributed by atoms with van der Waals surface area (Å²) in [6.07, 6.45) is 0.720. The van der Waals surface area contributed by atoms with Crippen molar-refractivity contribution in [3.05, 3.63) is 0 Å². The van der Waals surface area contributed by atoms with E-state index in [1.807, 2.05) is 13.8 Å². The molecule has 16 heavy (non-hydrogen) atoms. The monoisotopic (exact) mass is 229 g/mol. The Balaban J connectivity index is 2.53. The van der Waals surface area contributed by atoms with Gasteiger partial charge in [-0.05, 0) is 12.3 Å². The number of carbonyl (C=O) groups excluding carboxylic acids is 2. The molecule has 1 aliphatic rings. The van der Waals surface area contributed by atoms with Crippen molar-refractivity contribution in [3.8, 4) is 0 Å². The lowest BCUT2D eigenvalue weighted by Gasteiger charge is -2.21. The van der Waals surface area contributed by atoms with Gasteiger partial charge >= 0.3 is 5.97 Å². The van der Waals surface area contributed by atoms with Gasteiger partial charge in [0.05, 0.1) is 19.6 Å². The first-order chi connectivity index (χ1) is 7.56. The summed E-state index contributed by atoms with van der Waals surface area (Å²) in [5, 5.41) is 2.72. The van der Waals surface area contributed by atoms with Gasteiger partial charge in [-0.3, -0.25) is 4.79 Å². The van der Waals surface area contributed by atoms with E-state index in [1.54, 1.807) is 0 Å². The molecule has 1 N–H and O–H groups in total. The van der Waals surface area contributed by atoms with Gasteiger partial charge in [-0.25, -0.2) is 4.79 Å². The molecule has 5 heteroatoms. The quantitative estimate of drug-likeness (QED) is 0.706. The lowest BCUT2D eigenvalue weighted by molar-refractivity contribution is -0.146. The van der Waals surface area contributed by atoms with Gasteiger partial charge in [0.15, 0.2) is 0 Å². The van der Waals surface area contributed by atoms with Gasteiger partial charge in [-0.15, -0.1) is 0 Å². The van der Waals surface area contributed by atoms with Crippen LogP contribution < -0.4 is 5.32 Å². The third kappa shape index (κ3) is 3.20. The molecule has 0 saturated carbocycles. The van der Waals surface area contributed by atoms with Gasteiger partial charge in [-0.1, -0.05) is 13.8 Å². The summed E-state index contributed by atoms with van der Waals surface area (Å²) in [6, 6.07) is -0.571. The van der Waals surface area contributed by atoms with E-state index in [-0.39, 0.29) is 17.7 Å². The van der Waals surface area contributed by atoms with Gasteiger partial charge < -0.3 is 14.8 Å². The van der Waals surface area contributed by atoms with E-state index >= 15 is 0 Å². The first-order valence-electron chi connectivity index (χ1n) is 5.52. The Labute approximate surface area is 95.5 Å². The number of carbonyl (C=O) groups is 2. The van der Waals surface area contributed by atoms with Gasteiger partial charge in [0.1, 0.15) is 6.04 Å². The highest BCUT2D eigenvalue weighted by Crippen LogP contribution is 2.13. The number of hydrogen-bond acceptors (Lipinski definition) is 4. The van der Waals surface area contributed by atoms with Gasteiger partial charge in [-0.2, -0.15) is 0 Å².